The molecule has 0 unspecified atom stereocenters. The van der Waals surface area contributed by atoms with Gasteiger partial charge in [-0.3, -0.25) is 0 Å². The largest absolute Gasteiger partial charge is 0.383 e. The van der Waals surface area contributed by atoms with Crippen molar-refractivity contribution in [2.75, 3.05) is 47.6 Å². The molecule has 4 heterocycles. The number of ether oxygens (including phenoxy) is 1. The van der Waals surface area contributed by atoms with Gasteiger partial charge in [-0.1, -0.05) is 0 Å². The number of hydrogen-bond acceptors (Lipinski definition) is 9. The van der Waals surface area contributed by atoms with Crippen LogP contribution in [0.25, 0.3) is 17.0 Å². The molecule has 3 aromatic heterocycles. The molecule has 5 rings (SSSR count). The zero-order chi connectivity index (χ0) is 22.8. The molecule has 0 spiro atoms. The molecule has 33 heavy (non-hydrogen) atoms. The van der Waals surface area contributed by atoms with Crippen molar-refractivity contribution in [2.45, 2.75) is 19.9 Å². The molecule has 1 saturated heterocycles. The van der Waals surface area contributed by atoms with Crippen molar-refractivity contribution in [1.82, 2.24) is 24.8 Å². The Balaban J connectivity index is 1.40. The summed E-state index contributed by atoms with van der Waals surface area (Å²) in [6.07, 6.45) is 1.71. The quantitative estimate of drug-likeness (QED) is 0.411. The topological polar surface area (TPSA) is 119 Å². The molecule has 10 nitrogen and oxygen atoms in total. The van der Waals surface area contributed by atoms with Gasteiger partial charge >= 0.3 is 0 Å². The van der Waals surface area contributed by atoms with E-state index in [9.17, 15) is 0 Å². The molecule has 0 saturated carbocycles. The number of nitrogens with two attached hydrogens (primary N) is 1. The van der Waals surface area contributed by atoms with E-state index in [1.807, 2.05) is 18.2 Å². The van der Waals surface area contributed by atoms with Gasteiger partial charge in [0.2, 0.25) is 0 Å². The van der Waals surface area contributed by atoms with Crippen molar-refractivity contribution in [1.29, 1.82) is 0 Å². The molecule has 0 bridgehead atoms. The molecule has 4 N–H and O–H groups in total. The molecule has 0 radical (unpaired) electrons. The predicted molar refractivity (Wildman–Crippen MR) is 130 cm³/mol. The maximum absolute atomic E-state index is 6.21. The van der Waals surface area contributed by atoms with Gasteiger partial charge in [0.25, 0.3) is 0 Å². The zero-order valence-corrected chi connectivity index (χ0v) is 18.7. The first-order chi connectivity index (χ1) is 16.1. The molecule has 4 aromatic rings. The highest BCUT2D eigenvalue weighted by Gasteiger charge is 2.15. The van der Waals surface area contributed by atoms with Crippen molar-refractivity contribution < 1.29 is 4.74 Å². The first kappa shape index (κ1) is 21.0. The lowest BCUT2D eigenvalue weighted by Crippen LogP contribution is -2.36. The van der Waals surface area contributed by atoms with E-state index in [-0.39, 0.29) is 6.04 Å². The van der Waals surface area contributed by atoms with Crippen LogP contribution in [-0.2, 0) is 4.74 Å². The van der Waals surface area contributed by atoms with Crippen LogP contribution in [0.1, 0.15) is 13.8 Å². The van der Waals surface area contributed by atoms with Gasteiger partial charge < -0.3 is 26.0 Å². The van der Waals surface area contributed by atoms with Gasteiger partial charge in [0.15, 0.2) is 11.5 Å². The Morgan fingerprint density at radius 2 is 1.79 bits per heavy atom. The maximum atomic E-state index is 6.21. The van der Waals surface area contributed by atoms with Crippen LogP contribution in [0.3, 0.4) is 0 Å². The molecule has 1 aliphatic rings. The lowest BCUT2D eigenvalue weighted by Gasteiger charge is -2.28. The Morgan fingerprint density at radius 1 is 1.00 bits per heavy atom. The number of benzene rings is 1. The number of nitrogens with one attached hydrogen (secondary N) is 2. The molecular weight excluding hydrogens is 418 g/mol. The van der Waals surface area contributed by atoms with Gasteiger partial charge in [-0.25, -0.2) is 4.98 Å². The highest BCUT2D eigenvalue weighted by molar-refractivity contribution is 5.75. The molecule has 0 aliphatic carbocycles. The van der Waals surface area contributed by atoms with E-state index in [4.69, 9.17) is 10.5 Å². The van der Waals surface area contributed by atoms with Gasteiger partial charge in [0.1, 0.15) is 11.6 Å². The molecule has 1 aliphatic heterocycles. The van der Waals surface area contributed by atoms with Gasteiger partial charge in [0, 0.05) is 30.5 Å². The van der Waals surface area contributed by atoms with Crippen molar-refractivity contribution in [3.63, 3.8) is 0 Å². The predicted octanol–water partition coefficient (Wildman–Crippen LogP) is 3.17. The maximum Gasteiger partial charge on any atom is 0.189 e. The fourth-order valence-electron chi connectivity index (χ4n) is 3.80. The monoisotopic (exact) mass is 445 g/mol. The van der Waals surface area contributed by atoms with Crippen molar-refractivity contribution >= 4 is 34.3 Å². The Bertz CT molecular complexity index is 1250. The van der Waals surface area contributed by atoms with Crippen LogP contribution in [0.4, 0.5) is 28.7 Å². The lowest BCUT2D eigenvalue weighted by atomic mass is 10.2. The minimum Gasteiger partial charge on any atom is -0.383 e. The summed E-state index contributed by atoms with van der Waals surface area (Å²) in [5.41, 5.74) is 10.4. The lowest BCUT2D eigenvalue weighted by molar-refractivity contribution is 0.122. The van der Waals surface area contributed by atoms with E-state index in [1.165, 1.54) is 5.69 Å². The number of pyridine rings is 1. The third-order valence-electron chi connectivity index (χ3n) is 5.39. The molecule has 170 valence electrons. The molecular formula is C23H27N9O. The molecule has 1 aromatic carbocycles. The van der Waals surface area contributed by atoms with Crippen LogP contribution in [0, 0.1) is 0 Å². The van der Waals surface area contributed by atoms with Crippen molar-refractivity contribution in [3.05, 3.63) is 48.7 Å². The second-order valence-corrected chi connectivity index (χ2v) is 8.24. The van der Waals surface area contributed by atoms with Crippen LogP contribution >= 0.6 is 0 Å². The summed E-state index contributed by atoms with van der Waals surface area (Å²) < 4.78 is 7.11. The average molecular weight is 446 g/mol. The smallest absolute Gasteiger partial charge is 0.189 e. The normalized spacial score (nSPS) is 14.1. The Labute approximate surface area is 191 Å². The van der Waals surface area contributed by atoms with E-state index < -0.39 is 0 Å². The Morgan fingerprint density at radius 3 is 2.55 bits per heavy atom. The third kappa shape index (κ3) is 4.51. The minimum absolute atomic E-state index is 0.253. The van der Waals surface area contributed by atoms with Crippen LogP contribution in [-0.4, -0.2) is 57.1 Å². The summed E-state index contributed by atoms with van der Waals surface area (Å²) in [5.74, 6) is 1.63. The van der Waals surface area contributed by atoms with E-state index in [0.29, 0.717) is 22.9 Å². The fourth-order valence-corrected chi connectivity index (χ4v) is 3.80. The number of morpholine rings is 1. The molecule has 10 heteroatoms. The number of nitrogens with zero attached hydrogens (tertiary/aromatic N) is 6. The highest BCUT2D eigenvalue weighted by atomic mass is 16.5. The second-order valence-electron chi connectivity index (χ2n) is 8.24. The molecule has 1 fully saturated rings. The first-order valence-corrected chi connectivity index (χ1v) is 11.0. The van der Waals surface area contributed by atoms with E-state index in [0.717, 1.165) is 43.5 Å². The Kier molecular flexibility index (Phi) is 5.66. The fraction of sp³-hybridized carbons (Fsp3) is 0.304. The average Bonchev–Trinajstić information content (AvgIpc) is 3.24. The van der Waals surface area contributed by atoms with E-state index in [2.05, 4.69) is 73.9 Å². The number of nitrogen functional groups attached to an aromatic ring is 1. The highest BCUT2D eigenvalue weighted by Crippen LogP contribution is 2.28. The summed E-state index contributed by atoms with van der Waals surface area (Å²) >= 11 is 0. The van der Waals surface area contributed by atoms with Crippen LogP contribution in [0.15, 0.2) is 48.7 Å². The van der Waals surface area contributed by atoms with Gasteiger partial charge in [-0.2, -0.15) is 4.52 Å². The number of anilines is 5. The van der Waals surface area contributed by atoms with E-state index >= 15 is 0 Å². The number of fused-ring (bicyclic) bond motifs is 1. The zero-order valence-electron chi connectivity index (χ0n) is 18.7. The van der Waals surface area contributed by atoms with Crippen molar-refractivity contribution in [2.24, 2.45) is 0 Å². The summed E-state index contributed by atoms with van der Waals surface area (Å²) in [5, 5.41) is 19.9. The number of hydrogen-bond donors (Lipinski definition) is 3. The Hall–Kier alpha value is -3.92. The number of aromatic nitrogens is 5. The summed E-state index contributed by atoms with van der Waals surface area (Å²) in [7, 11) is 0. The van der Waals surface area contributed by atoms with Gasteiger partial charge in [-0.05, 0) is 56.3 Å². The second kappa shape index (κ2) is 8.91. The number of rotatable bonds is 6. The summed E-state index contributed by atoms with van der Waals surface area (Å²) in [4.78, 5) is 6.69. The SMILES string of the molecule is CC(C)Nc1ccc2nnc(-c3cc(Nc4ccc(N5CCOCC5)cc4)cnc3N)n2n1. The summed E-state index contributed by atoms with van der Waals surface area (Å²) in [6.45, 7) is 7.47. The molecule has 0 amide bonds. The van der Waals surface area contributed by atoms with Crippen LogP contribution in [0.5, 0.6) is 0 Å². The van der Waals surface area contributed by atoms with Gasteiger partial charge in [0.05, 0.1) is 30.7 Å². The van der Waals surface area contributed by atoms with Gasteiger partial charge in [-0.15, -0.1) is 15.3 Å². The van der Waals surface area contributed by atoms with E-state index in [1.54, 1.807) is 10.7 Å². The first-order valence-electron chi connectivity index (χ1n) is 11.0. The molecule has 0 atom stereocenters. The summed E-state index contributed by atoms with van der Waals surface area (Å²) in [6, 6.07) is 14.3. The minimum atomic E-state index is 0.253. The third-order valence-corrected chi connectivity index (χ3v) is 5.39. The van der Waals surface area contributed by atoms with Crippen LogP contribution < -0.4 is 21.3 Å². The van der Waals surface area contributed by atoms with Crippen molar-refractivity contribution in [3.8, 4) is 11.4 Å². The standard InChI is InChI=1S/C23H27N9O/c1-15(2)26-20-7-8-21-28-29-23(32(21)30-20)19-13-17(14-25-22(19)24)27-16-3-5-18(6-4-16)31-9-11-33-12-10-31/h3-8,13-15,27H,9-12H2,1-2H3,(H2,24,25)(H,26,30). The van der Waals surface area contributed by atoms with Crippen LogP contribution in [0.2, 0.25) is 0 Å².